The highest BCUT2D eigenvalue weighted by Crippen LogP contribution is 2.27. The Kier molecular flexibility index (Phi) is 5.49. The number of carbonyl (C=O) groups excluding carboxylic acids is 1. The molecule has 0 saturated carbocycles. The van der Waals surface area contributed by atoms with Crippen molar-refractivity contribution in [2.24, 2.45) is 0 Å². The van der Waals surface area contributed by atoms with Crippen molar-refractivity contribution in [1.82, 2.24) is 10.3 Å². The Morgan fingerprint density at radius 1 is 1.19 bits per heavy atom. The predicted molar refractivity (Wildman–Crippen MR) is 98.9 cm³/mol. The number of benzene rings is 2. The normalized spacial score (nSPS) is 11.9. The Morgan fingerprint density at radius 3 is 2.67 bits per heavy atom. The molecule has 27 heavy (non-hydrogen) atoms. The van der Waals surface area contributed by atoms with Gasteiger partial charge >= 0.3 is 0 Å². The first-order valence-electron chi connectivity index (χ1n) is 8.61. The third kappa shape index (κ3) is 4.13. The third-order valence-corrected chi connectivity index (χ3v) is 4.28. The van der Waals surface area contributed by atoms with Crippen LogP contribution >= 0.6 is 0 Å². The molecule has 140 valence electrons. The fourth-order valence-electron chi connectivity index (χ4n) is 2.56. The average molecular weight is 369 g/mol. The van der Waals surface area contributed by atoms with Crippen LogP contribution in [0.1, 0.15) is 24.5 Å². The number of aromatic nitrogens is 2. The van der Waals surface area contributed by atoms with E-state index in [0.29, 0.717) is 12.1 Å². The largest absolute Gasteiger partial charge is 0.478 e. The van der Waals surface area contributed by atoms with Gasteiger partial charge in [-0.3, -0.25) is 4.79 Å². The van der Waals surface area contributed by atoms with Crippen LogP contribution < -0.4 is 10.1 Å². The number of halogens is 1. The maximum Gasteiger partial charge on any atom is 0.266 e. The van der Waals surface area contributed by atoms with Gasteiger partial charge in [-0.05, 0) is 59.9 Å². The van der Waals surface area contributed by atoms with Crippen LogP contribution in [0.3, 0.4) is 0 Å². The van der Waals surface area contributed by atoms with Crippen LogP contribution in [-0.2, 0) is 4.79 Å². The molecule has 0 aliphatic rings. The SMILES string of the molecule is CC[C@@H](Oc1ccccc1F)C(=O)Nc1nonc1-c1ccc(C)c(C)c1. The van der Waals surface area contributed by atoms with E-state index in [9.17, 15) is 9.18 Å². The first kappa shape index (κ1) is 18.6. The standard InChI is InChI=1S/C20H20FN3O3/c1-4-16(26-17-8-6-5-7-15(17)21)20(25)22-19-18(23-27-24-19)14-10-9-12(2)13(3)11-14/h5-11,16H,4H2,1-3H3,(H,22,24,25)/t16-/m1/s1. The molecule has 2 aromatic carbocycles. The summed E-state index contributed by atoms with van der Waals surface area (Å²) in [4.78, 5) is 12.6. The van der Waals surface area contributed by atoms with Gasteiger partial charge in [-0.2, -0.15) is 0 Å². The number of para-hydroxylation sites is 1. The van der Waals surface area contributed by atoms with Crippen molar-refractivity contribution in [2.45, 2.75) is 33.3 Å². The predicted octanol–water partition coefficient (Wildman–Crippen LogP) is 4.29. The molecule has 3 rings (SSSR count). The van der Waals surface area contributed by atoms with Gasteiger partial charge in [-0.15, -0.1) is 0 Å². The van der Waals surface area contributed by atoms with Crippen LogP contribution in [0.25, 0.3) is 11.3 Å². The van der Waals surface area contributed by atoms with Gasteiger partial charge in [0.05, 0.1) is 0 Å². The molecule has 1 atom stereocenters. The van der Waals surface area contributed by atoms with Gasteiger partial charge in [0, 0.05) is 5.56 Å². The zero-order valence-electron chi connectivity index (χ0n) is 15.3. The fraction of sp³-hybridized carbons (Fsp3) is 0.250. The fourth-order valence-corrected chi connectivity index (χ4v) is 2.56. The second-order valence-corrected chi connectivity index (χ2v) is 6.19. The highest BCUT2D eigenvalue weighted by atomic mass is 19.1. The van der Waals surface area contributed by atoms with E-state index in [4.69, 9.17) is 9.37 Å². The summed E-state index contributed by atoms with van der Waals surface area (Å²) in [6.07, 6.45) is -0.532. The monoisotopic (exact) mass is 369 g/mol. The number of carbonyl (C=O) groups is 1. The summed E-state index contributed by atoms with van der Waals surface area (Å²) < 4.78 is 24.1. The lowest BCUT2D eigenvalue weighted by molar-refractivity contribution is -0.122. The number of hydrogen-bond donors (Lipinski definition) is 1. The van der Waals surface area contributed by atoms with Gasteiger partial charge in [-0.1, -0.05) is 31.2 Å². The van der Waals surface area contributed by atoms with Crippen molar-refractivity contribution in [3.05, 3.63) is 59.4 Å². The number of rotatable bonds is 6. The summed E-state index contributed by atoms with van der Waals surface area (Å²) in [5.41, 5.74) is 3.43. The summed E-state index contributed by atoms with van der Waals surface area (Å²) in [6.45, 7) is 5.77. The minimum Gasteiger partial charge on any atom is -0.478 e. The van der Waals surface area contributed by atoms with Crippen LogP contribution in [0.2, 0.25) is 0 Å². The summed E-state index contributed by atoms with van der Waals surface area (Å²) in [5, 5.41) is 10.3. The zero-order valence-corrected chi connectivity index (χ0v) is 15.3. The van der Waals surface area contributed by atoms with Gasteiger partial charge in [0.1, 0.15) is 0 Å². The van der Waals surface area contributed by atoms with Crippen molar-refractivity contribution in [3.8, 4) is 17.0 Å². The summed E-state index contributed by atoms with van der Waals surface area (Å²) in [5.74, 6) is -0.768. The second-order valence-electron chi connectivity index (χ2n) is 6.19. The molecule has 6 nitrogen and oxygen atoms in total. The van der Waals surface area contributed by atoms with E-state index in [1.165, 1.54) is 12.1 Å². The van der Waals surface area contributed by atoms with Crippen molar-refractivity contribution in [1.29, 1.82) is 0 Å². The number of aryl methyl sites for hydroxylation is 2. The van der Waals surface area contributed by atoms with Crippen LogP contribution in [0.5, 0.6) is 5.75 Å². The summed E-state index contributed by atoms with van der Waals surface area (Å²) in [7, 11) is 0. The average Bonchev–Trinajstić information content (AvgIpc) is 3.11. The van der Waals surface area contributed by atoms with Gasteiger partial charge in [0.15, 0.2) is 23.4 Å². The maximum atomic E-state index is 13.8. The molecule has 1 amide bonds. The smallest absolute Gasteiger partial charge is 0.266 e. The molecule has 7 heteroatoms. The van der Waals surface area contributed by atoms with Crippen LogP contribution in [0, 0.1) is 19.7 Å². The molecule has 3 aromatic rings. The molecule has 1 N–H and O–H groups in total. The van der Waals surface area contributed by atoms with E-state index in [2.05, 4.69) is 15.6 Å². The van der Waals surface area contributed by atoms with E-state index >= 15 is 0 Å². The number of anilines is 1. The number of hydrogen-bond acceptors (Lipinski definition) is 5. The van der Waals surface area contributed by atoms with E-state index in [-0.39, 0.29) is 11.6 Å². The van der Waals surface area contributed by atoms with Crippen molar-refractivity contribution >= 4 is 11.7 Å². The van der Waals surface area contributed by atoms with E-state index < -0.39 is 17.8 Å². The van der Waals surface area contributed by atoms with Crippen LogP contribution in [0.4, 0.5) is 10.2 Å². The summed E-state index contributed by atoms with van der Waals surface area (Å²) in [6, 6.07) is 11.7. The van der Waals surface area contributed by atoms with Crippen LogP contribution in [-0.4, -0.2) is 22.3 Å². The molecule has 0 saturated heterocycles. The highest BCUT2D eigenvalue weighted by Gasteiger charge is 2.23. The molecule has 0 aliphatic carbocycles. The molecule has 1 aromatic heterocycles. The Bertz CT molecular complexity index is 955. The molecular weight excluding hydrogens is 349 g/mol. The maximum absolute atomic E-state index is 13.8. The van der Waals surface area contributed by atoms with Gasteiger partial charge in [-0.25, -0.2) is 9.02 Å². The topological polar surface area (TPSA) is 77.2 Å². The Balaban J connectivity index is 1.78. The number of nitrogens with zero attached hydrogens (tertiary/aromatic N) is 2. The highest BCUT2D eigenvalue weighted by molar-refractivity contribution is 5.96. The lowest BCUT2D eigenvalue weighted by Gasteiger charge is -2.17. The van der Waals surface area contributed by atoms with E-state index in [0.717, 1.165) is 16.7 Å². The zero-order chi connectivity index (χ0) is 19.4. The molecule has 0 spiro atoms. The summed E-state index contributed by atoms with van der Waals surface area (Å²) >= 11 is 0. The molecule has 0 bridgehead atoms. The molecule has 0 unspecified atom stereocenters. The molecular formula is C20H20FN3O3. The second kappa shape index (κ2) is 7.99. The van der Waals surface area contributed by atoms with Gasteiger partial charge < -0.3 is 10.1 Å². The Labute approximate surface area is 156 Å². The number of ether oxygens (including phenoxy) is 1. The van der Waals surface area contributed by atoms with Crippen molar-refractivity contribution < 1.29 is 18.6 Å². The van der Waals surface area contributed by atoms with Gasteiger partial charge in [0.25, 0.3) is 5.91 Å². The van der Waals surface area contributed by atoms with E-state index in [1.807, 2.05) is 32.0 Å². The quantitative estimate of drug-likeness (QED) is 0.701. The molecule has 1 heterocycles. The number of nitrogens with one attached hydrogen (secondary N) is 1. The minimum absolute atomic E-state index is 0.0205. The van der Waals surface area contributed by atoms with Crippen LogP contribution in [0.15, 0.2) is 47.1 Å². The Hall–Kier alpha value is -3.22. The van der Waals surface area contributed by atoms with Crippen molar-refractivity contribution in [2.75, 3.05) is 5.32 Å². The van der Waals surface area contributed by atoms with Crippen molar-refractivity contribution in [3.63, 3.8) is 0 Å². The molecule has 0 aliphatic heterocycles. The minimum atomic E-state index is -0.883. The first-order chi connectivity index (χ1) is 13.0. The third-order valence-electron chi connectivity index (χ3n) is 4.28. The molecule has 0 fully saturated rings. The Morgan fingerprint density at radius 2 is 1.96 bits per heavy atom. The molecule has 0 radical (unpaired) electrons. The number of amides is 1. The lowest BCUT2D eigenvalue weighted by atomic mass is 10.0. The van der Waals surface area contributed by atoms with E-state index in [1.54, 1.807) is 19.1 Å². The lowest BCUT2D eigenvalue weighted by Crippen LogP contribution is -2.32. The first-order valence-corrected chi connectivity index (χ1v) is 8.61. The van der Waals surface area contributed by atoms with Gasteiger partial charge in [0.2, 0.25) is 5.82 Å².